The Bertz CT molecular complexity index is 419. The molecule has 0 aromatic heterocycles. The molecule has 112 valence electrons. The van der Waals surface area contributed by atoms with Crippen LogP contribution in [-0.2, 0) is 0 Å². The number of halogens is 1. The molecule has 1 aromatic carbocycles. The molecule has 3 nitrogen and oxygen atoms in total. The number of alkyl halides is 1. The summed E-state index contributed by atoms with van der Waals surface area (Å²) in [4.78, 5) is 14.6. The number of amides is 1. The summed E-state index contributed by atoms with van der Waals surface area (Å²) in [7, 11) is 0. The monoisotopic (exact) mass is 297 g/mol. The summed E-state index contributed by atoms with van der Waals surface area (Å²) >= 11 is 5.86. The van der Waals surface area contributed by atoms with Gasteiger partial charge in [-0.3, -0.25) is 4.79 Å². The van der Waals surface area contributed by atoms with Crippen molar-refractivity contribution in [2.45, 2.75) is 39.7 Å². The molecule has 4 heteroatoms. The lowest BCUT2D eigenvalue weighted by molar-refractivity contribution is 0.0677. The number of carbonyl (C=O) groups excluding carboxylic acids is 1. The summed E-state index contributed by atoms with van der Waals surface area (Å²) in [5, 5.41) is 0. The van der Waals surface area contributed by atoms with E-state index in [9.17, 15) is 4.79 Å². The van der Waals surface area contributed by atoms with Crippen molar-refractivity contribution in [2.24, 2.45) is 0 Å². The summed E-state index contributed by atoms with van der Waals surface area (Å²) in [6.45, 7) is 7.21. The van der Waals surface area contributed by atoms with Gasteiger partial charge >= 0.3 is 0 Å². The number of benzene rings is 1. The average Bonchev–Trinajstić information content (AvgIpc) is 2.48. The first-order valence-electron chi connectivity index (χ1n) is 7.28. The fourth-order valence-electron chi connectivity index (χ4n) is 2.35. The fourth-order valence-corrected chi connectivity index (χ4v) is 2.53. The molecule has 1 amide bonds. The maximum Gasteiger partial charge on any atom is 0.257 e. The standard InChI is InChI=1S/C16H24ClNO2/c1-4-13(5-2)18(12-11-17)16(19)14-9-7-8-10-15(14)20-6-3/h7-10,13H,4-6,11-12H2,1-3H3. The van der Waals surface area contributed by atoms with E-state index in [0.717, 1.165) is 12.8 Å². The van der Waals surface area contributed by atoms with Crippen LogP contribution in [0.25, 0.3) is 0 Å². The summed E-state index contributed by atoms with van der Waals surface area (Å²) in [5.74, 6) is 1.09. The van der Waals surface area contributed by atoms with Gasteiger partial charge in [-0.05, 0) is 31.9 Å². The molecular weight excluding hydrogens is 274 g/mol. The van der Waals surface area contributed by atoms with Crippen LogP contribution in [0, 0.1) is 0 Å². The van der Waals surface area contributed by atoms with Gasteiger partial charge in [-0.15, -0.1) is 11.6 Å². The van der Waals surface area contributed by atoms with Crippen molar-refractivity contribution in [3.63, 3.8) is 0 Å². The molecule has 0 atom stereocenters. The minimum Gasteiger partial charge on any atom is -0.493 e. The number of carbonyl (C=O) groups is 1. The Hall–Kier alpha value is -1.22. The van der Waals surface area contributed by atoms with E-state index in [0.29, 0.717) is 30.3 Å². The van der Waals surface area contributed by atoms with Gasteiger partial charge in [0.2, 0.25) is 0 Å². The summed E-state index contributed by atoms with van der Waals surface area (Å²) in [6, 6.07) is 7.61. The molecule has 0 fully saturated rings. The molecule has 0 spiro atoms. The third-order valence-electron chi connectivity index (χ3n) is 3.39. The fraction of sp³-hybridized carbons (Fsp3) is 0.562. The van der Waals surface area contributed by atoms with Crippen molar-refractivity contribution in [1.29, 1.82) is 0 Å². The molecule has 0 aliphatic heterocycles. The van der Waals surface area contributed by atoms with E-state index in [4.69, 9.17) is 16.3 Å². The van der Waals surface area contributed by atoms with Crippen LogP contribution in [0.15, 0.2) is 24.3 Å². The van der Waals surface area contributed by atoms with Gasteiger partial charge in [0.1, 0.15) is 5.75 Å². The lowest BCUT2D eigenvalue weighted by atomic mass is 10.1. The van der Waals surface area contributed by atoms with E-state index < -0.39 is 0 Å². The van der Waals surface area contributed by atoms with Crippen LogP contribution in [0.5, 0.6) is 5.75 Å². The smallest absolute Gasteiger partial charge is 0.257 e. The molecule has 0 radical (unpaired) electrons. The van der Waals surface area contributed by atoms with Gasteiger partial charge in [-0.2, -0.15) is 0 Å². The number of rotatable bonds is 8. The van der Waals surface area contributed by atoms with Gasteiger partial charge in [-0.1, -0.05) is 26.0 Å². The SMILES string of the molecule is CCOc1ccccc1C(=O)N(CCCl)C(CC)CC. The molecule has 0 heterocycles. The van der Waals surface area contributed by atoms with Crippen molar-refractivity contribution in [3.05, 3.63) is 29.8 Å². The van der Waals surface area contributed by atoms with Crippen LogP contribution < -0.4 is 4.74 Å². The second kappa shape index (κ2) is 8.85. The number of nitrogens with zero attached hydrogens (tertiary/aromatic N) is 1. The zero-order valence-electron chi connectivity index (χ0n) is 12.6. The Morgan fingerprint density at radius 3 is 2.45 bits per heavy atom. The van der Waals surface area contributed by atoms with Crippen LogP contribution in [0.1, 0.15) is 44.0 Å². The zero-order chi connectivity index (χ0) is 15.0. The highest BCUT2D eigenvalue weighted by molar-refractivity contribution is 6.18. The Labute approximate surface area is 126 Å². The minimum absolute atomic E-state index is 0.00315. The average molecular weight is 298 g/mol. The lowest BCUT2D eigenvalue weighted by Crippen LogP contribution is -2.41. The van der Waals surface area contributed by atoms with Gasteiger partial charge in [0.25, 0.3) is 5.91 Å². The van der Waals surface area contributed by atoms with Crippen molar-refractivity contribution in [2.75, 3.05) is 19.0 Å². The lowest BCUT2D eigenvalue weighted by Gasteiger charge is -2.30. The summed E-state index contributed by atoms with van der Waals surface area (Å²) in [5.41, 5.74) is 0.617. The number of hydrogen-bond donors (Lipinski definition) is 0. The first kappa shape index (κ1) is 16.8. The molecule has 0 bridgehead atoms. The molecule has 0 aliphatic carbocycles. The Kier molecular flexibility index (Phi) is 7.45. The van der Waals surface area contributed by atoms with Gasteiger partial charge < -0.3 is 9.64 Å². The zero-order valence-corrected chi connectivity index (χ0v) is 13.3. The highest BCUT2D eigenvalue weighted by Gasteiger charge is 2.24. The maximum atomic E-state index is 12.8. The Morgan fingerprint density at radius 1 is 1.25 bits per heavy atom. The van der Waals surface area contributed by atoms with Crippen LogP contribution in [0.2, 0.25) is 0 Å². The molecule has 1 rings (SSSR count). The second-order valence-corrected chi connectivity index (χ2v) is 4.96. The van der Waals surface area contributed by atoms with E-state index in [1.807, 2.05) is 36.1 Å². The number of para-hydroxylation sites is 1. The molecule has 1 aromatic rings. The van der Waals surface area contributed by atoms with Crippen LogP contribution in [0.4, 0.5) is 0 Å². The highest BCUT2D eigenvalue weighted by Crippen LogP contribution is 2.22. The predicted molar refractivity (Wildman–Crippen MR) is 83.7 cm³/mol. The van der Waals surface area contributed by atoms with E-state index in [-0.39, 0.29) is 11.9 Å². The highest BCUT2D eigenvalue weighted by atomic mass is 35.5. The first-order valence-corrected chi connectivity index (χ1v) is 7.81. The molecule has 20 heavy (non-hydrogen) atoms. The normalized spacial score (nSPS) is 10.7. The van der Waals surface area contributed by atoms with Crippen molar-refractivity contribution in [3.8, 4) is 5.75 Å². The van der Waals surface area contributed by atoms with Crippen molar-refractivity contribution >= 4 is 17.5 Å². The summed E-state index contributed by atoms with van der Waals surface area (Å²) in [6.07, 6.45) is 1.85. The van der Waals surface area contributed by atoms with E-state index >= 15 is 0 Å². The van der Waals surface area contributed by atoms with Crippen molar-refractivity contribution in [1.82, 2.24) is 4.90 Å². The Balaban J connectivity index is 3.05. The van der Waals surface area contributed by atoms with Crippen molar-refractivity contribution < 1.29 is 9.53 Å². The molecule has 0 aliphatic rings. The molecular formula is C16H24ClNO2. The molecule has 0 saturated heterocycles. The second-order valence-electron chi connectivity index (χ2n) is 4.59. The third-order valence-corrected chi connectivity index (χ3v) is 3.56. The molecule has 0 unspecified atom stereocenters. The Morgan fingerprint density at radius 2 is 1.90 bits per heavy atom. The number of ether oxygens (including phenoxy) is 1. The first-order chi connectivity index (χ1) is 9.69. The van der Waals surface area contributed by atoms with Crippen LogP contribution in [-0.4, -0.2) is 35.9 Å². The van der Waals surface area contributed by atoms with E-state index in [1.165, 1.54) is 0 Å². The maximum absolute atomic E-state index is 12.8. The minimum atomic E-state index is 0.00315. The van der Waals surface area contributed by atoms with Crippen LogP contribution >= 0.6 is 11.6 Å². The van der Waals surface area contributed by atoms with E-state index in [2.05, 4.69) is 13.8 Å². The molecule has 0 saturated carbocycles. The predicted octanol–water partition coefficient (Wildman–Crippen LogP) is 3.95. The molecule has 0 N–H and O–H groups in total. The topological polar surface area (TPSA) is 29.5 Å². The quantitative estimate of drug-likeness (QED) is 0.680. The van der Waals surface area contributed by atoms with Crippen LogP contribution in [0.3, 0.4) is 0 Å². The van der Waals surface area contributed by atoms with E-state index in [1.54, 1.807) is 0 Å². The van der Waals surface area contributed by atoms with Gasteiger partial charge in [0, 0.05) is 18.5 Å². The van der Waals surface area contributed by atoms with Gasteiger partial charge in [0.05, 0.1) is 12.2 Å². The largest absolute Gasteiger partial charge is 0.493 e. The number of hydrogen-bond acceptors (Lipinski definition) is 2. The summed E-state index contributed by atoms with van der Waals surface area (Å²) < 4.78 is 5.55. The third kappa shape index (κ3) is 4.14. The van der Waals surface area contributed by atoms with Gasteiger partial charge in [-0.25, -0.2) is 0 Å². The van der Waals surface area contributed by atoms with Gasteiger partial charge in [0.15, 0.2) is 0 Å².